The summed E-state index contributed by atoms with van der Waals surface area (Å²) >= 11 is 0. The molecule has 2 heterocycles. The Balaban J connectivity index is 1.80. The number of hydrogen-bond donors (Lipinski definition) is 0. The molecule has 2 aliphatic rings. The van der Waals surface area contributed by atoms with Crippen molar-refractivity contribution in [1.82, 2.24) is 4.98 Å². The van der Waals surface area contributed by atoms with Crippen LogP contribution in [-0.2, 0) is 4.74 Å². The normalized spacial score (nSPS) is 29.4. The Morgan fingerprint density at radius 3 is 2.88 bits per heavy atom. The predicted molar refractivity (Wildman–Crippen MR) is 68.2 cm³/mol. The van der Waals surface area contributed by atoms with Gasteiger partial charge in [0.1, 0.15) is 0 Å². The van der Waals surface area contributed by atoms with Gasteiger partial charge in [0.15, 0.2) is 0 Å². The SMILES string of the molecule is Cc1cnccc1N1CC(C)OC(C2CC2)C1. The first-order chi connectivity index (χ1) is 8.24. The number of anilines is 1. The molecule has 92 valence electrons. The topological polar surface area (TPSA) is 25.4 Å². The third-order valence-corrected chi connectivity index (χ3v) is 3.76. The van der Waals surface area contributed by atoms with Gasteiger partial charge in [-0.2, -0.15) is 0 Å². The van der Waals surface area contributed by atoms with Crippen molar-refractivity contribution >= 4 is 5.69 Å². The largest absolute Gasteiger partial charge is 0.371 e. The second-order valence-electron chi connectivity index (χ2n) is 5.39. The van der Waals surface area contributed by atoms with E-state index in [4.69, 9.17) is 4.74 Å². The van der Waals surface area contributed by atoms with Crippen LogP contribution in [-0.4, -0.2) is 30.3 Å². The molecule has 2 unspecified atom stereocenters. The molecule has 0 N–H and O–H groups in total. The van der Waals surface area contributed by atoms with Crippen molar-refractivity contribution in [3.05, 3.63) is 24.0 Å². The Bertz CT molecular complexity index is 403. The maximum absolute atomic E-state index is 6.04. The average molecular weight is 232 g/mol. The number of pyridine rings is 1. The highest BCUT2D eigenvalue weighted by molar-refractivity contribution is 5.52. The Labute approximate surface area is 103 Å². The van der Waals surface area contributed by atoms with Gasteiger partial charge in [-0.3, -0.25) is 4.98 Å². The molecule has 1 saturated carbocycles. The minimum absolute atomic E-state index is 0.335. The zero-order chi connectivity index (χ0) is 11.8. The van der Waals surface area contributed by atoms with Gasteiger partial charge in [-0.15, -0.1) is 0 Å². The fraction of sp³-hybridized carbons (Fsp3) is 0.643. The fourth-order valence-electron chi connectivity index (χ4n) is 2.73. The van der Waals surface area contributed by atoms with Gasteiger partial charge in [0, 0.05) is 31.2 Å². The van der Waals surface area contributed by atoms with E-state index in [2.05, 4.69) is 29.8 Å². The van der Waals surface area contributed by atoms with Gasteiger partial charge in [-0.05, 0) is 44.2 Å². The van der Waals surface area contributed by atoms with Gasteiger partial charge >= 0.3 is 0 Å². The molecule has 1 aromatic heterocycles. The lowest BCUT2D eigenvalue weighted by molar-refractivity contribution is -0.0271. The van der Waals surface area contributed by atoms with Crippen LogP contribution in [0.5, 0.6) is 0 Å². The third-order valence-electron chi connectivity index (χ3n) is 3.76. The zero-order valence-corrected chi connectivity index (χ0v) is 10.6. The van der Waals surface area contributed by atoms with E-state index in [1.165, 1.54) is 24.1 Å². The van der Waals surface area contributed by atoms with E-state index < -0.39 is 0 Å². The Kier molecular flexibility index (Phi) is 2.79. The second-order valence-corrected chi connectivity index (χ2v) is 5.39. The first kappa shape index (κ1) is 11.0. The highest BCUT2D eigenvalue weighted by atomic mass is 16.5. The van der Waals surface area contributed by atoms with Crippen molar-refractivity contribution in [3.8, 4) is 0 Å². The molecule has 0 bridgehead atoms. The number of aryl methyl sites for hydroxylation is 1. The maximum Gasteiger partial charge on any atom is 0.0782 e. The third kappa shape index (κ3) is 2.29. The number of hydrogen-bond acceptors (Lipinski definition) is 3. The molecule has 0 aromatic carbocycles. The summed E-state index contributed by atoms with van der Waals surface area (Å²) < 4.78 is 6.04. The molecule has 1 aliphatic heterocycles. The van der Waals surface area contributed by atoms with Crippen LogP contribution in [0.1, 0.15) is 25.3 Å². The van der Waals surface area contributed by atoms with E-state index in [0.717, 1.165) is 19.0 Å². The lowest BCUT2D eigenvalue weighted by atomic mass is 10.1. The van der Waals surface area contributed by atoms with Gasteiger partial charge in [-0.25, -0.2) is 0 Å². The van der Waals surface area contributed by atoms with E-state index in [1.54, 1.807) is 0 Å². The van der Waals surface area contributed by atoms with Gasteiger partial charge in [-0.1, -0.05) is 0 Å². The van der Waals surface area contributed by atoms with Gasteiger partial charge in [0.25, 0.3) is 0 Å². The van der Waals surface area contributed by atoms with E-state index in [1.807, 2.05) is 12.4 Å². The zero-order valence-electron chi connectivity index (χ0n) is 10.6. The Morgan fingerprint density at radius 1 is 1.35 bits per heavy atom. The van der Waals surface area contributed by atoms with Crippen molar-refractivity contribution in [2.24, 2.45) is 5.92 Å². The molecule has 1 saturated heterocycles. The summed E-state index contributed by atoms with van der Waals surface area (Å²) in [7, 11) is 0. The van der Waals surface area contributed by atoms with Gasteiger partial charge < -0.3 is 9.64 Å². The minimum Gasteiger partial charge on any atom is -0.371 e. The lowest BCUT2D eigenvalue weighted by Gasteiger charge is -2.39. The van der Waals surface area contributed by atoms with Crippen molar-refractivity contribution in [1.29, 1.82) is 0 Å². The number of rotatable bonds is 2. The molecule has 0 spiro atoms. The summed E-state index contributed by atoms with van der Waals surface area (Å²) in [6, 6.07) is 2.12. The Hall–Kier alpha value is -1.09. The van der Waals surface area contributed by atoms with Crippen molar-refractivity contribution < 1.29 is 4.74 Å². The van der Waals surface area contributed by atoms with E-state index in [9.17, 15) is 0 Å². The summed E-state index contributed by atoms with van der Waals surface area (Å²) in [4.78, 5) is 6.63. The minimum atomic E-state index is 0.335. The highest BCUT2D eigenvalue weighted by Gasteiger charge is 2.37. The van der Waals surface area contributed by atoms with Crippen LogP contribution in [0.2, 0.25) is 0 Å². The average Bonchev–Trinajstić information content (AvgIpc) is 3.12. The summed E-state index contributed by atoms with van der Waals surface area (Å²) in [6.07, 6.45) is 7.30. The monoisotopic (exact) mass is 232 g/mol. The molecule has 2 atom stereocenters. The summed E-state index contributed by atoms with van der Waals surface area (Å²) in [5, 5.41) is 0. The van der Waals surface area contributed by atoms with Crippen LogP contribution in [0.4, 0.5) is 5.69 Å². The van der Waals surface area contributed by atoms with Crippen LogP contribution in [0.15, 0.2) is 18.5 Å². The first-order valence-electron chi connectivity index (χ1n) is 6.55. The second kappa shape index (κ2) is 4.30. The molecule has 3 heteroatoms. The molecule has 0 radical (unpaired) electrons. The number of aromatic nitrogens is 1. The van der Waals surface area contributed by atoms with E-state index in [-0.39, 0.29) is 0 Å². The van der Waals surface area contributed by atoms with Gasteiger partial charge in [0.2, 0.25) is 0 Å². The van der Waals surface area contributed by atoms with E-state index >= 15 is 0 Å². The van der Waals surface area contributed by atoms with Crippen LogP contribution in [0.3, 0.4) is 0 Å². The molecular weight excluding hydrogens is 212 g/mol. The standard InChI is InChI=1S/C14H20N2O/c1-10-7-15-6-5-13(10)16-8-11(2)17-14(9-16)12-3-4-12/h5-7,11-12,14H,3-4,8-9H2,1-2H3. The van der Waals surface area contributed by atoms with E-state index in [0.29, 0.717) is 12.2 Å². The highest BCUT2D eigenvalue weighted by Crippen LogP contribution is 2.37. The van der Waals surface area contributed by atoms with Gasteiger partial charge in [0.05, 0.1) is 12.2 Å². The molecule has 17 heavy (non-hydrogen) atoms. The number of ether oxygens (including phenoxy) is 1. The van der Waals surface area contributed by atoms with Crippen LogP contribution >= 0.6 is 0 Å². The fourth-order valence-corrected chi connectivity index (χ4v) is 2.73. The summed E-state index contributed by atoms with van der Waals surface area (Å²) in [6.45, 7) is 6.35. The number of nitrogens with zero attached hydrogens (tertiary/aromatic N) is 2. The molecular formula is C14H20N2O. The van der Waals surface area contributed by atoms with Crippen molar-refractivity contribution in [3.63, 3.8) is 0 Å². The maximum atomic E-state index is 6.04. The number of morpholine rings is 1. The predicted octanol–water partition coefficient (Wildman–Crippen LogP) is 2.39. The molecule has 0 amide bonds. The molecule has 1 aliphatic carbocycles. The molecule has 3 rings (SSSR count). The van der Waals surface area contributed by atoms with Crippen LogP contribution in [0, 0.1) is 12.8 Å². The smallest absolute Gasteiger partial charge is 0.0782 e. The van der Waals surface area contributed by atoms with Crippen LogP contribution < -0.4 is 4.90 Å². The van der Waals surface area contributed by atoms with Crippen LogP contribution in [0.25, 0.3) is 0 Å². The lowest BCUT2D eigenvalue weighted by Crippen LogP contribution is -2.47. The summed E-state index contributed by atoms with van der Waals surface area (Å²) in [5.74, 6) is 0.808. The molecule has 1 aromatic rings. The first-order valence-corrected chi connectivity index (χ1v) is 6.55. The van der Waals surface area contributed by atoms with Crippen molar-refractivity contribution in [2.75, 3.05) is 18.0 Å². The molecule has 2 fully saturated rings. The van der Waals surface area contributed by atoms with Crippen molar-refractivity contribution in [2.45, 2.75) is 38.9 Å². The Morgan fingerprint density at radius 2 is 2.18 bits per heavy atom. The molecule has 3 nitrogen and oxygen atoms in total. The summed E-state index contributed by atoms with van der Waals surface area (Å²) in [5.41, 5.74) is 2.58. The quantitative estimate of drug-likeness (QED) is 0.783.